The Labute approximate surface area is 215 Å². The number of rotatable bonds is 5. The lowest BCUT2D eigenvalue weighted by molar-refractivity contribution is -0.192. The minimum absolute atomic E-state index is 0.0444. The van der Waals surface area contributed by atoms with Gasteiger partial charge >= 0.3 is 24.4 Å². The minimum atomic E-state index is -5.08. The largest absolute Gasteiger partial charge is 0.490 e. The summed E-state index contributed by atoms with van der Waals surface area (Å²) < 4.78 is 76.6. The van der Waals surface area contributed by atoms with E-state index in [1.807, 2.05) is 6.07 Å². The molecular weight excluding hydrogens is 540 g/mol. The van der Waals surface area contributed by atoms with E-state index in [1.54, 1.807) is 18.5 Å². The summed E-state index contributed by atoms with van der Waals surface area (Å²) in [5, 5.41) is 8.01. The van der Waals surface area contributed by atoms with Gasteiger partial charge in [-0.2, -0.15) is 26.3 Å². The molecule has 0 radical (unpaired) electrons. The molecule has 0 bridgehead atoms. The molecule has 10 nitrogen and oxygen atoms in total. The van der Waals surface area contributed by atoms with Gasteiger partial charge in [0.1, 0.15) is 17.9 Å². The lowest BCUT2D eigenvalue weighted by atomic mass is 9.82. The number of carboxylic acids is 1. The number of anilines is 1. The van der Waals surface area contributed by atoms with Crippen molar-refractivity contribution in [2.24, 2.45) is 5.92 Å². The Kier molecular flexibility index (Phi) is 7.39. The maximum atomic E-state index is 13.0. The lowest BCUT2D eigenvalue weighted by Gasteiger charge is -2.37. The van der Waals surface area contributed by atoms with E-state index >= 15 is 0 Å². The number of carbonyl (C=O) groups excluding carboxylic acids is 2. The van der Waals surface area contributed by atoms with Gasteiger partial charge in [0.2, 0.25) is 0 Å². The highest BCUT2D eigenvalue weighted by Crippen LogP contribution is 2.36. The summed E-state index contributed by atoms with van der Waals surface area (Å²) in [5.41, 5.74) is -0.292. The Morgan fingerprint density at radius 3 is 2.46 bits per heavy atom. The minimum Gasteiger partial charge on any atom is -0.490 e. The molecule has 1 saturated heterocycles. The van der Waals surface area contributed by atoms with E-state index in [9.17, 15) is 35.9 Å². The van der Waals surface area contributed by atoms with Crippen LogP contribution in [0.4, 0.5) is 36.8 Å². The molecule has 3 aromatic rings. The van der Waals surface area contributed by atoms with E-state index in [-0.39, 0.29) is 30.8 Å². The number of ether oxygens (including phenoxy) is 1. The third-order valence-corrected chi connectivity index (χ3v) is 6.01. The van der Waals surface area contributed by atoms with Gasteiger partial charge in [0.25, 0.3) is 5.91 Å². The van der Waals surface area contributed by atoms with Crippen molar-refractivity contribution < 1.29 is 50.6 Å². The summed E-state index contributed by atoms with van der Waals surface area (Å²) in [6.07, 6.45) is -3.12. The number of urea groups is 1. The van der Waals surface area contributed by atoms with Gasteiger partial charge in [0, 0.05) is 25.1 Å². The van der Waals surface area contributed by atoms with Crippen LogP contribution in [0.5, 0.6) is 5.75 Å². The highest BCUT2D eigenvalue weighted by atomic mass is 19.4. The molecular formula is C23H19F6N5O5. The van der Waals surface area contributed by atoms with Crippen molar-refractivity contribution in [3.05, 3.63) is 48.5 Å². The number of imide groups is 1. The summed E-state index contributed by atoms with van der Waals surface area (Å²) in [6.45, 7) is -0.104. The predicted molar refractivity (Wildman–Crippen MR) is 121 cm³/mol. The van der Waals surface area contributed by atoms with Crippen LogP contribution in [0.25, 0.3) is 11.0 Å². The summed E-state index contributed by atoms with van der Waals surface area (Å²) in [6, 6.07) is 3.86. The number of hydrogen-bond donors (Lipinski definition) is 2. The number of hydrogen-bond acceptors (Lipinski definition) is 6. The molecule has 0 spiro atoms. The van der Waals surface area contributed by atoms with Crippen molar-refractivity contribution in [1.82, 2.24) is 19.9 Å². The average molecular weight is 559 g/mol. The number of amides is 3. The molecule has 2 fully saturated rings. The second kappa shape index (κ2) is 10.4. The van der Waals surface area contributed by atoms with Gasteiger partial charge in [0.05, 0.1) is 28.9 Å². The van der Waals surface area contributed by atoms with Crippen molar-refractivity contribution in [2.75, 3.05) is 18.0 Å². The number of aromatic amines is 1. The molecule has 2 N–H and O–H groups in total. The van der Waals surface area contributed by atoms with Crippen LogP contribution in [0.3, 0.4) is 0 Å². The third kappa shape index (κ3) is 6.21. The molecule has 208 valence electrons. The fourth-order valence-electron chi connectivity index (χ4n) is 4.05. The van der Waals surface area contributed by atoms with Crippen LogP contribution in [-0.4, -0.2) is 68.2 Å². The first-order valence-corrected chi connectivity index (χ1v) is 11.3. The van der Waals surface area contributed by atoms with Crippen LogP contribution in [0.1, 0.15) is 18.4 Å². The quantitative estimate of drug-likeness (QED) is 0.354. The van der Waals surface area contributed by atoms with Crippen LogP contribution < -0.4 is 9.64 Å². The van der Waals surface area contributed by atoms with E-state index in [2.05, 4.69) is 15.0 Å². The van der Waals surface area contributed by atoms with Crippen LogP contribution in [0, 0.1) is 5.92 Å². The second-order valence-corrected chi connectivity index (χ2v) is 8.73. The van der Waals surface area contributed by atoms with E-state index < -0.39 is 35.8 Å². The first-order chi connectivity index (χ1) is 18.2. The Hall–Kier alpha value is -4.37. The van der Waals surface area contributed by atoms with Gasteiger partial charge in [-0.1, -0.05) is 0 Å². The molecule has 0 atom stereocenters. The summed E-state index contributed by atoms with van der Waals surface area (Å²) >= 11 is 0. The van der Waals surface area contributed by atoms with Gasteiger partial charge in [-0.25, -0.2) is 14.6 Å². The fraction of sp³-hybridized carbons (Fsp3) is 0.348. The smallest absolute Gasteiger partial charge is 0.490 e. The number of carbonyl (C=O) groups is 3. The molecule has 0 unspecified atom stereocenters. The number of fused-ring (bicyclic) bond motifs is 1. The van der Waals surface area contributed by atoms with Crippen LogP contribution >= 0.6 is 0 Å². The molecule has 3 amide bonds. The Morgan fingerprint density at radius 2 is 1.82 bits per heavy atom. The number of H-pyrrole nitrogens is 1. The van der Waals surface area contributed by atoms with E-state index in [0.29, 0.717) is 19.0 Å². The molecule has 16 heteroatoms. The first-order valence-electron chi connectivity index (χ1n) is 11.3. The van der Waals surface area contributed by atoms with Crippen molar-refractivity contribution in [1.29, 1.82) is 0 Å². The first kappa shape index (κ1) is 27.7. The molecule has 4 heterocycles. The van der Waals surface area contributed by atoms with Gasteiger partial charge in [0.15, 0.2) is 0 Å². The molecule has 0 aromatic carbocycles. The zero-order chi connectivity index (χ0) is 28.5. The lowest BCUT2D eigenvalue weighted by Crippen LogP contribution is -2.44. The van der Waals surface area contributed by atoms with E-state index in [4.69, 9.17) is 14.6 Å². The third-order valence-electron chi connectivity index (χ3n) is 6.01. The maximum absolute atomic E-state index is 13.0. The van der Waals surface area contributed by atoms with Gasteiger partial charge in [-0.05, 0) is 37.0 Å². The molecule has 5 rings (SSSR count). The number of nitrogens with zero attached hydrogens (tertiary/aromatic N) is 4. The summed E-state index contributed by atoms with van der Waals surface area (Å²) in [7, 11) is 0. The average Bonchev–Trinajstić information content (AvgIpc) is 3.42. The SMILES string of the molecule is O=C(O)C(F)(F)F.O=C1CN(c2cncc(C(F)(F)F)c2)C(=O)N1CC1CC(Oc2ccnc3[nH]ccc23)C1. The second-order valence-electron chi connectivity index (χ2n) is 8.73. The van der Waals surface area contributed by atoms with Gasteiger partial charge in [-0.3, -0.25) is 19.6 Å². The monoisotopic (exact) mass is 559 g/mol. The summed E-state index contributed by atoms with van der Waals surface area (Å²) in [5.74, 6) is -2.42. The fourth-order valence-corrected chi connectivity index (χ4v) is 4.05. The highest BCUT2D eigenvalue weighted by molar-refractivity contribution is 6.12. The standard InChI is InChI=1S/C21H18F3N5O3.C2HF3O2/c22-21(23,24)13-7-14(9-25-8-13)28-11-18(30)29(20(28)31)10-12-5-15(6-12)32-17-2-4-27-19-16(17)1-3-26-19;3-2(4,5)1(6)7/h1-4,7-9,12,15H,5-6,10-11H2,(H,26,27);(H,6,7). The Balaban J connectivity index is 0.000000448. The predicted octanol–water partition coefficient (Wildman–Crippen LogP) is 4.24. The molecule has 1 aliphatic carbocycles. The molecule has 39 heavy (non-hydrogen) atoms. The van der Waals surface area contributed by atoms with Crippen LogP contribution in [-0.2, 0) is 15.8 Å². The topological polar surface area (TPSA) is 129 Å². The number of alkyl halides is 6. The number of pyridine rings is 2. The Morgan fingerprint density at radius 1 is 1.13 bits per heavy atom. The van der Waals surface area contributed by atoms with Crippen molar-refractivity contribution in [3.8, 4) is 5.75 Å². The van der Waals surface area contributed by atoms with Gasteiger partial charge in [-0.15, -0.1) is 0 Å². The van der Waals surface area contributed by atoms with E-state index in [0.717, 1.165) is 38.8 Å². The van der Waals surface area contributed by atoms with Gasteiger partial charge < -0.3 is 14.8 Å². The molecule has 1 saturated carbocycles. The number of nitrogens with one attached hydrogen (secondary N) is 1. The number of aromatic nitrogens is 3. The molecule has 3 aromatic heterocycles. The zero-order valence-corrected chi connectivity index (χ0v) is 19.7. The number of aliphatic carboxylic acids is 1. The van der Waals surface area contributed by atoms with Crippen molar-refractivity contribution in [2.45, 2.75) is 31.3 Å². The number of carboxylic acid groups (broad SMARTS) is 1. The highest BCUT2D eigenvalue weighted by Gasteiger charge is 2.42. The molecule has 1 aliphatic heterocycles. The van der Waals surface area contributed by atoms with E-state index in [1.165, 1.54) is 0 Å². The zero-order valence-electron chi connectivity index (χ0n) is 19.7. The normalized spacial score (nSPS) is 19.5. The van der Waals surface area contributed by atoms with Crippen LogP contribution in [0.2, 0.25) is 0 Å². The maximum Gasteiger partial charge on any atom is 0.490 e. The summed E-state index contributed by atoms with van der Waals surface area (Å²) in [4.78, 5) is 46.9. The number of halogens is 6. The van der Waals surface area contributed by atoms with Crippen LogP contribution in [0.15, 0.2) is 43.0 Å². The Bertz CT molecular complexity index is 1390. The van der Waals surface area contributed by atoms with Crippen molar-refractivity contribution in [3.63, 3.8) is 0 Å². The molecule has 2 aliphatic rings. The van der Waals surface area contributed by atoms with Crippen molar-refractivity contribution >= 4 is 34.6 Å².